The Hall–Kier alpha value is -2.47. The van der Waals surface area contributed by atoms with Crippen LogP contribution in [-0.2, 0) is 5.41 Å². The average molecular weight is 281 g/mol. The molecule has 2 unspecified atom stereocenters. The maximum atomic E-state index is 9.76. The zero-order chi connectivity index (χ0) is 15.5. The van der Waals surface area contributed by atoms with Crippen molar-refractivity contribution in [3.05, 3.63) is 59.7 Å². The number of nitriles is 1. The zero-order valence-corrected chi connectivity index (χ0v) is 12.2. The van der Waals surface area contributed by atoms with Gasteiger partial charge in [0.1, 0.15) is 0 Å². The molecule has 2 rings (SSSR count). The molecule has 0 bridgehead atoms. The maximum Gasteiger partial charge on any atom is 0.157 e. The molecule has 0 saturated heterocycles. The lowest BCUT2D eigenvalue weighted by atomic mass is 9.69. The van der Waals surface area contributed by atoms with Gasteiger partial charge < -0.3 is 10.2 Å². The van der Waals surface area contributed by atoms with Crippen molar-refractivity contribution in [2.24, 2.45) is 0 Å². The van der Waals surface area contributed by atoms with E-state index in [9.17, 15) is 15.5 Å². The molecule has 21 heavy (non-hydrogen) atoms. The van der Waals surface area contributed by atoms with E-state index in [1.165, 1.54) is 6.07 Å². The van der Waals surface area contributed by atoms with Gasteiger partial charge in [-0.3, -0.25) is 0 Å². The number of nitrogens with zero attached hydrogens (tertiary/aromatic N) is 1. The van der Waals surface area contributed by atoms with Crippen molar-refractivity contribution in [1.82, 2.24) is 0 Å². The summed E-state index contributed by atoms with van der Waals surface area (Å²) in [5.41, 5.74) is 1.10. The smallest absolute Gasteiger partial charge is 0.157 e. The summed E-state index contributed by atoms with van der Waals surface area (Å²) < 4.78 is 0. The number of hydrogen-bond acceptors (Lipinski definition) is 3. The highest BCUT2D eigenvalue weighted by Gasteiger charge is 2.36. The number of aromatic hydroxyl groups is 2. The normalized spacial score (nSPS) is 14.9. The standard InChI is InChI=1S/C18H19NO2/c1-3-15(13-9-10-16(20)17(21)11-13)18(2,12-19)14-7-5-4-6-8-14/h4-11,15,20-21H,3H2,1-2H3. The highest BCUT2D eigenvalue weighted by molar-refractivity contribution is 5.45. The Morgan fingerprint density at radius 2 is 1.76 bits per heavy atom. The van der Waals surface area contributed by atoms with Crippen molar-refractivity contribution < 1.29 is 10.2 Å². The topological polar surface area (TPSA) is 64.2 Å². The third-order valence-corrected chi connectivity index (χ3v) is 4.11. The Bertz CT molecular complexity index is 661. The third kappa shape index (κ3) is 2.71. The van der Waals surface area contributed by atoms with E-state index < -0.39 is 5.41 Å². The molecule has 3 heteroatoms. The van der Waals surface area contributed by atoms with Gasteiger partial charge in [0, 0.05) is 5.92 Å². The van der Waals surface area contributed by atoms with E-state index in [2.05, 4.69) is 6.07 Å². The molecule has 3 nitrogen and oxygen atoms in total. The quantitative estimate of drug-likeness (QED) is 0.830. The fourth-order valence-electron chi connectivity index (χ4n) is 2.86. The predicted octanol–water partition coefficient (Wildman–Crippen LogP) is 4.07. The van der Waals surface area contributed by atoms with E-state index in [0.29, 0.717) is 0 Å². The minimum absolute atomic E-state index is 0.0728. The number of phenolic OH excluding ortho intramolecular Hbond substituents is 2. The van der Waals surface area contributed by atoms with E-state index in [-0.39, 0.29) is 17.4 Å². The van der Waals surface area contributed by atoms with Crippen molar-refractivity contribution >= 4 is 0 Å². The molecular weight excluding hydrogens is 262 g/mol. The predicted molar refractivity (Wildman–Crippen MR) is 82.2 cm³/mol. The zero-order valence-electron chi connectivity index (χ0n) is 12.2. The first-order valence-electron chi connectivity index (χ1n) is 7.01. The van der Waals surface area contributed by atoms with Gasteiger partial charge in [-0.25, -0.2) is 0 Å². The van der Waals surface area contributed by atoms with Crippen LogP contribution < -0.4 is 0 Å². The summed E-state index contributed by atoms with van der Waals surface area (Å²) in [4.78, 5) is 0. The molecule has 0 fully saturated rings. The highest BCUT2D eigenvalue weighted by atomic mass is 16.3. The van der Waals surface area contributed by atoms with Gasteiger partial charge in [-0.15, -0.1) is 0 Å². The van der Waals surface area contributed by atoms with Gasteiger partial charge in [-0.05, 0) is 36.6 Å². The van der Waals surface area contributed by atoms with Crippen molar-refractivity contribution in [3.63, 3.8) is 0 Å². The molecule has 0 heterocycles. The van der Waals surface area contributed by atoms with E-state index in [1.54, 1.807) is 12.1 Å². The summed E-state index contributed by atoms with van der Waals surface area (Å²) in [5, 5.41) is 28.9. The number of hydrogen-bond donors (Lipinski definition) is 2. The first kappa shape index (κ1) is 14.9. The van der Waals surface area contributed by atoms with Crippen LogP contribution in [0.25, 0.3) is 0 Å². The molecule has 0 saturated carbocycles. The van der Waals surface area contributed by atoms with Crippen LogP contribution in [0.4, 0.5) is 0 Å². The van der Waals surface area contributed by atoms with Crippen LogP contribution in [0.3, 0.4) is 0 Å². The van der Waals surface area contributed by atoms with Crippen molar-refractivity contribution in [2.75, 3.05) is 0 Å². The molecule has 0 aliphatic carbocycles. The van der Waals surface area contributed by atoms with Crippen molar-refractivity contribution in [3.8, 4) is 17.6 Å². The molecular formula is C18H19NO2. The fraction of sp³-hybridized carbons (Fsp3) is 0.278. The van der Waals surface area contributed by atoms with Crippen LogP contribution in [0.15, 0.2) is 48.5 Å². The van der Waals surface area contributed by atoms with Crippen LogP contribution >= 0.6 is 0 Å². The first-order chi connectivity index (χ1) is 10.0. The molecule has 2 N–H and O–H groups in total. The monoisotopic (exact) mass is 281 g/mol. The number of rotatable bonds is 4. The lowest BCUT2D eigenvalue weighted by molar-refractivity contribution is 0.399. The van der Waals surface area contributed by atoms with Crippen molar-refractivity contribution in [1.29, 1.82) is 5.26 Å². The molecule has 0 radical (unpaired) electrons. The van der Waals surface area contributed by atoms with Gasteiger partial charge in [0.05, 0.1) is 11.5 Å². The van der Waals surface area contributed by atoms with Gasteiger partial charge in [0.25, 0.3) is 0 Å². The van der Waals surface area contributed by atoms with Gasteiger partial charge in [0.15, 0.2) is 11.5 Å². The average Bonchev–Trinajstić information content (AvgIpc) is 2.52. The molecule has 0 amide bonds. The van der Waals surface area contributed by atoms with E-state index >= 15 is 0 Å². The second kappa shape index (κ2) is 5.88. The molecule has 0 aromatic heterocycles. The molecule has 2 aromatic carbocycles. The molecule has 0 spiro atoms. The van der Waals surface area contributed by atoms with Crippen LogP contribution in [0.5, 0.6) is 11.5 Å². The number of benzene rings is 2. The summed E-state index contributed by atoms with van der Waals surface area (Å²) in [6, 6.07) is 16.9. The molecule has 2 atom stereocenters. The SMILES string of the molecule is CCC(c1ccc(O)c(O)c1)C(C)(C#N)c1ccccc1. The lowest BCUT2D eigenvalue weighted by Crippen LogP contribution is -2.28. The van der Waals surface area contributed by atoms with Gasteiger partial charge in [-0.1, -0.05) is 43.3 Å². The van der Waals surface area contributed by atoms with Crippen LogP contribution in [0, 0.1) is 11.3 Å². The van der Waals surface area contributed by atoms with Gasteiger partial charge in [-0.2, -0.15) is 5.26 Å². The first-order valence-corrected chi connectivity index (χ1v) is 7.01. The van der Waals surface area contributed by atoms with Crippen molar-refractivity contribution in [2.45, 2.75) is 31.6 Å². The minimum Gasteiger partial charge on any atom is -0.504 e. The highest BCUT2D eigenvalue weighted by Crippen LogP contribution is 2.42. The Morgan fingerprint density at radius 1 is 1.10 bits per heavy atom. The molecule has 0 aliphatic rings. The second-order valence-corrected chi connectivity index (χ2v) is 5.39. The summed E-state index contributed by atoms with van der Waals surface area (Å²) in [7, 11) is 0. The molecule has 0 aliphatic heterocycles. The summed E-state index contributed by atoms with van der Waals surface area (Å²) >= 11 is 0. The second-order valence-electron chi connectivity index (χ2n) is 5.39. The Balaban J connectivity index is 2.52. The summed E-state index contributed by atoms with van der Waals surface area (Å²) in [5.74, 6) is -0.373. The Morgan fingerprint density at radius 3 is 2.29 bits per heavy atom. The van der Waals surface area contributed by atoms with Gasteiger partial charge >= 0.3 is 0 Å². The Labute approximate surface area is 125 Å². The van der Waals surface area contributed by atoms with Crippen LogP contribution in [-0.4, -0.2) is 10.2 Å². The lowest BCUT2D eigenvalue weighted by Gasteiger charge is -2.32. The van der Waals surface area contributed by atoms with E-state index in [0.717, 1.165) is 17.5 Å². The van der Waals surface area contributed by atoms with Crippen LogP contribution in [0.2, 0.25) is 0 Å². The van der Waals surface area contributed by atoms with E-state index in [4.69, 9.17) is 0 Å². The van der Waals surface area contributed by atoms with E-state index in [1.807, 2.05) is 44.2 Å². The summed E-state index contributed by atoms with van der Waals surface area (Å²) in [6.45, 7) is 3.94. The van der Waals surface area contributed by atoms with Crippen LogP contribution in [0.1, 0.15) is 37.3 Å². The van der Waals surface area contributed by atoms with Gasteiger partial charge in [0.2, 0.25) is 0 Å². The summed E-state index contributed by atoms with van der Waals surface area (Å²) in [6.07, 6.45) is 0.753. The number of phenols is 2. The largest absolute Gasteiger partial charge is 0.504 e. The third-order valence-electron chi connectivity index (χ3n) is 4.11. The molecule has 108 valence electrons. The maximum absolute atomic E-state index is 9.76. The minimum atomic E-state index is -0.695. The Kier molecular flexibility index (Phi) is 4.18. The molecule has 2 aromatic rings. The fourth-order valence-corrected chi connectivity index (χ4v) is 2.86.